The van der Waals surface area contributed by atoms with Crippen LogP contribution < -0.4 is 9.64 Å². The molecule has 126 valence electrons. The Morgan fingerprint density at radius 1 is 1.21 bits per heavy atom. The number of hydrogen-bond donors (Lipinski definition) is 0. The molecule has 0 N–H and O–H groups in total. The van der Waals surface area contributed by atoms with Crippen LogP contribution in [0.5, 0.6) is 5.75 Å². The van der Waals surface area contributed by atoms with Crippen molar-refractivity contribution in [1.82, 2.24) is 0 Å². The van der Waals surface area contributed by atoms with Crippen LogP contribution in [-0.4, -0.2) is 18.1 Å². The Labute approximate surface area is 144 Å². The molecule has 2 atom stereocenters. The molecule has 0 unspecified atom stereocenters. The smallest absolute Gasteiger partial charge is 0.268 e. The summed E-state index contributed by atoms with van der Waals surface area (Å²) in [4.78, 5) is 14.9. The molecule has 0 radical (unpaired) electrons. The van der Waals surface area contributed by atoms with Crippen molar-refractivity contribution < 1.29 is 9.53 Å². The van der Waals surface area contributed by atoms with E-state index in [4.69, 9.17) is 4.74 Å². The maximum atomic E-state index is 13.0. The predicted octanol–water partition coefficient (Wildman–Crippen LogP) is 4.36. The highest BCUT2D eigenvalue weighted by Crippen LogP contribution is 2.33. The first-order valence-corrected chi connectivity index (χ1v) is 8.54. The first kappa shape index (κ1) is 16.6. The van der Waals surface area contributed by atoms with Gasteiger partial charge >= 0.3 is 0 Å². The Kier molecular flexibility index (Phi) is 4.35. The highest BCUT2D eigenvalue weighted by atomic mass is 16.5. The second-order valence-corrected chi connectivity index (χ2v) is 6.86. The molecule has 3 nitrogen and oxygen atoms in total. The molecule has 2 aromatic rings. The fourth-order valence-corrected chi connectivity index (χ4v) is 3.46. The van der Waals surface area contributed by atoms with Crippen molar-refractivity contribution in [1.29, 1.82) is 0 Å². The molecule has 0 bridgehead atoms. The second kappa shape index (κ2) is 6.31. The molecule has 1 aliphatic rings. The average Bonchev–Trinajstić information content (AvgIpc) is 2.87. The van der Waals surface area contributed by atoms with Crippen LogP contribution >= 0.6 is 0 Å². The average molecular weight is 323 g/mol. The Hall–Kier alpha value is -2.29. The minimum Gasteiger partial charge on any atom is -0.481 e. The molecule has 3 rings (SSSR count). The molecule has 0 aromatic heterocycles. The molecular weight excluding hydrogens is 298 g/mol. The lowest BCUT2D eigenvalue weighted by atomic mass is 10.1. The number of amides is 1. The van der Waals surface area contributed by atoms with E-state index in [1.165, 1.54) is 11.1 Å². The second-order valence-electron chi connectivity index (χ2n) is 6.86. The zero-order valence-corrected chi connectivity index (χ0v) is 15.1. The number of carbonyl (C=O) groups is 1. The number of fused-ring (bicyclic) bond motifs is 1. The first-order valence-electron chi connectivity index (χ1n) is 8.54. The van der Waals surface area contributed by atoms with Crippen molar-refractivity contribution >= 4 is 11.6 Å². The summed E-state index contributed by atoms with van der Waals surface area (Å²) >= 11 is 0. The summed E-state index contributed by atoms with van der Waals surface area (Å²) in [5.41, 5.74) is 5.67. The monoisotopic (exact) mass is 323 g/mol. The molecule has 24 heavy (non-hydrogen) atoms. The first-order chi connectivity index (χ1) is 11.4. The zero-order chi connectivity index (χ0) is 17.4. The van der Waals surface area contributed by atoms with E-state index in [1.807, 2.05) is 49.9 Å². The van der Waals surface area contributed by atoms with Gasteiger partial charge in [-0.25, -0.2) is 0 Å². The van der Waals surface area contributed by atoms with Crippen LogP contribution in [-0.2, 0) is 11.2 Å². The highest BCUT2D eigenvalue weighted by Gasteiger charge is 2.34. The van der Waals surface area contributed by atoms with E-state index in [0.29, 0.717) is 0 Å². The molecule has 0 aliphatic carbocycles. The summed E-state index contributed by atoms with van der Waals surface area (Å²) in [5.74, 6) is 0.819. The van der Waals surface area contributed by atoms with Gasteiger partial charge in [0.15, 0.2) is 6.10 Å². The van der Waals surface area contributed by atoms with Crippen LogP contribution in [0.4, 0.5) is 5.69 Å². The van der Waals surface area contributed by atoms with Gasteiger partial charge in [0.05, 0.1) is 0 Å². The van der Waals surface area contributed by atoms with Gasteiger partial charge in [0, 0.05) is 11.7 Å². The van der Waals surface area contributed by atoms with Crippen LogP contribution in [0.3, 0.4) is 0 Å². The third-order valence-electron chi connectivity index (χ3n) is 4.86. The van der Waals surface area contributed by atoms with E-state index < -0.39 is 6.10 Å². The quantitative estimate of drug-likeness (QED) is 0.840. The maximum Gasteiger partial charge on any atom is 0.268 e. The Bertz CT molecular complexity index is 781. The van der Waals surface area contributed by atoms with Gasteiger partial charge < -0.3 is 9.64 Å². The minimum atomic E-state index is -0.515. The molecular formula is C21H25NO2. The minimum absolute atomic E-state index is 0.0195. The fraction of sp³-hybridized carbons (Fsp3) is 0.381. The Morgan fingerprint density at radius 2 is 1.92 bits per heavy atom. The number of para-hydroxylation sites is 1. The van der Waals surface area contributed by atoms with Gasteiger partial charge in [-0.2, -0.15) is 0 Å². The van der Waals surface area contributed by atoms with Crippen LogP contribution in [0.15, 0.2) is 36.4 Å². The molecule has 0 saturated heterocycles. The molecule has 1 heterocycles. The van der Waals surface area contributed by atoms with Crippen LogP contribution in [0.1, 0.15) is 36.1 Å². The van der Waals surface area contributed by atoms with Gasteiger partial charge in [-0.1, -0.05) is 24.3 Å². The van der Waals surface area contributed by atoms with Crippen molar-refractivity contribution in [2.45, 2.75) is 53.2 Å². The summed E-state index contributed by atoms with van der Waals surface area (Å²) in [6.07, 6.45) is 0.385. The standard InChI is InChI=1S/C21H25NO2/c1-13-10-14(2)16(4)20(11-13)24-17(5)21(23)22-15(3)12-18-8-6-7-9-19(18)22/h6-11,15,17H,12H2,1-5H3/t15-,17-/m1/s1. The maximum absolute atomic E-state index is 13.0. The van der Waals surface area contributed by atoms with Crippen molar-refractivity contribution in [3.8, 4) is 5.75 Å². The third-order valence-corrected chi connectivity index (χ3v) is 4.86. The topological polar surface area (TPSA) is 29.5 Å². The number of nitrogens with zero attached hydrogens (tertiary/aromatic N) is 1. The molecule has 3 heteroatoms. The largest absolute Gasteiger partial charge is 0.481 e. The van der Waals surface area contributed by atoms with Crippen molar-refractivity contribution in [2.75, 3.05) is 4.90 Å². The van der Waals surface area contributed by atoms with Gasteiger partial charge in [-0.05, 0) is 75.4 Å². The van der Waals surface area contributed by atoms with E-state index in [-0.39, 0.29) is 11.9 Å². The van der Waals surface area contributed by atoms with Gasteiger partial charge in [0.2, 0.25) is 0 Å². The van der Waals surface area contributed by atoms with Crippen molar-refractivity contribution in [2.24, 2.45) is 0 Å². The molecule has 0 spiro atoms. The fourth-order valence-electron chi connectivity index (χ4n) is 3.46. The number of aryl methyl sites for hydroxylation is 2. The van der Waals surface area contributed by atoms with Crippen LogP contribution in [0, 0.1) is 20.8 Å². The number of carbonyl (C=O) groups excluding carboxylic acids is 1. The Balaban J connectivity index is 1.84. The van der Waals surface area contributed by atoms with E-state index in [1.54, 1.807) is 0 Å². The Morgan fingerprint density at radius 3 is 2.67 bits per heavy atom. The van der Waals surface area contributed by atoms with E-state index in [0.717, 1.165) is 29.0 Å². The summed E-state index contributed by atoms with van der Waals surface area (Å²) < 4.78 is 6.05. The summed E-state index contributed by atoms with van der Waals surface area (Å²) in [6, 6.07) is 12.4. The summed E-state index contributed by atoms with van der Waals surface area (Å²) in [7, 11) is 0. The molecule has 0 fully saturated rings. The van der Waals surface area contributed by atoms with Gasteiger partial charge in [0.1, 0.15) is 5.75 Å². The van der Waals surface area contributed by atoms with Crippen molar-refractivity contribution in [3.05, 3.63) is 58.7 Å². The summed E-state index contributed by atoms with van der Waals surface area (Å²) in [5, 5.41) is 0. The lowest BCUT2D eigenvalue weighted by molar-refractivity contribution is -0.124. The summed E-state index contributed by atoms with van der Waals surface area (Å²) in [6.45, 7) is 10.1. The molecule has 2 aromatic carbocycles. The normalized spacial score (nSPS) is 17.5. The number of hydrogen-bond acceptors (Lipinski definition) is 2. The van der Waals surface area contributed by atoms with Gasteiger partial charge in [-0.3, -0.25) is 4.79 Å². The number of rotatable bonds is 3. The van der Waals surface area contributed by atoms with E-state index >= 15 is 0 Å². The molecule has 1 aliphatic heterocycles. The molecule has 1 amide bonds. The lowest BCUT2D eigenvalue weighted by Gasteiger charge is -2.27. The zero-order valence-electron chi connectivity index (χ0n) is 15.1. The SMILES string of the molecule is Cc1cc(C)c(C)c(O[C@H](C)C(=O)N2c3ccccc3C[C@H]2C)c1. The van der Waals surface area contributed by atoms with Crippen LogP contribution in [0.2, 0.25) is 0 Å². The highest BCUT2D eigenvalue weighted by molar-refractivity contribution is 5.99. The third kappa shape index (κ3) is 2.91. The molecule has 0 saturated carbocycles. The van der Waals surface area contributed by atoms with E-state index in [2.05, 4.69) is 26.0 Å². The number of benzene rings is 2. The van der Waals surface area contributed by atoms with Gasteiger partial charge in [-0.15, -0.1) is 0 Å². The van der Waals surface area contributed by atoms with Crippen molar-refractivity contribution in [3.63, 3.8) is 0 Å². The number of anilines is 1. The predicted molar refractivity (Wildman–Crippen MR) is 97.8 cm³/mol. The van der Waals surface area contributed by atoms with Crippen LogP contribution in [0.25, 0.3) is 0 Å². The van der Waals surface area contributed by atoms with E-state index in [9.17, 15) is 4.79 Å². The van der Waals surface area contributed by atoms with Gasteiger partial charge in [0.25, 0.3) is 5.91 Å². The lowest BCUT2D eigenvalue weighted by Crippen LogP contribution is -2.43. The number of ether oxygens (including phenoxy) is 1.